The molecule has 0 aliphatic carbocycles. The van der Waals surface area contributed by atoms with E-state index in [4.69, 9.17) is 5.84 Å². The molecule has 3 N–H and O–H groups in total. The normalized spacial score (nSPS) is 11.9. The molecule has 0 bridgehead atoms. The lowest BCUT2D eigenvalue weighted by Crippen LogP contribution is -2.16. The standard InChI is InChI=1S/C12H11F4N3/c1-5-3-7-9(19-17)6(2)11(12(14,15)16)18-10(7)8(13)4-5/h3-4H,17H2,1-2H3,(H,18,19). The summed E-state index contributed by atoms with van der Waals surface area (Å²) in [5, 5.41) is 0.227. The molecule has 0 saturated carbocycles. The minimum atomic E-state index is -4.67. The third kappa shape index (κ3) is 2.21. The van der Waals surface area contributed by atoms with Crippen LogP contribution in [0.15, 0.2) is 12.1 Å². The molecule has 19 heavy (non-hydrogen) atoms. The Hall–Kier alpha value is -1.89. The zero-order valence-electron chi connectivity index (χ0n) is 10.2. The van der Waals surface area contributed by atoms with Crippen LogP contribution in [-0.2, 0) is 6.18 Å². The van der Waals surface area contributed by atoms with Crippen molar-refractivity contribution in [2.75, 3.05) is 5.43 Å². The largest absolute Gasteiger partial charge is 0.433 e. The Balaban J connectivity index is 2.95. The molecule has 0 atom stereocenters. The van der Waals surface area contributed by atoms with Gasteiger partial charge < -0.3 is 5.43 Å². The van der Waals surface area contributed by atoms with E-state index in [1.165, 1.54) is 13.0 Å². The lowest BCUT2D eigenvalue weighted by atomic mass is 10.0. The Morgan fingerprint density at radius 1 is 1.21 bits per heavy atom. The molecule has 0 radical (unpaired) electrons. The number of nitrogens with two attached hydrogens (primary N) is 1. The third-order valence-corrected chi connectivity index (χ3v) is 2.84. The zero-order chi connectivity index (χ0) is 14.4. The first kappa shape index (κ1) is 13.5. The highest BCUT2D eigenvalue weighted by Gasteiger charge is 2.36. The van der Waals surface area contributed by atoms with E-state index in [1.54, 1.807) is 6.92 Å². The second-order valence-electron chi connectivity index (χ2n) is 4.25. The number of hydrogen-bond donors (Lipinski definition) is 2. The number of pyridine rings is 1. The van der Waals surface area contributed by atoms with E-state index in [0.717, 1.165) is 6.07 Å². The molecular formula is C12H11F4N3. The Labute approximate surface area is 106 Å². The fourth-order valence-electron chi connectivity index (χ4n) is 2.02. The van der Waals surface area contributed by atoms with Crippen LogP contribution in [0.25, 0.3) is 10.9 Å². The fraction of sp³-hybridized carbons (Fsp3) is 0.250. The molecule has 3 nitrogen and oxygen atoms in total. The number of rotatable bonds is 1. The van der Waals surface area contributed by atoms with E-state index in [9.17, 15) is 17.6 Å². The van der Waals surface area contributed by atoms with Gasteiger partial charge in [0.05, 0.1) is 5.69 Å². The number of nitrogens with one attached hydrogen (secondary N) is 1. The van der Waals surface area contributed by atoms with Gasteiger partial charge in [0, 0.05) is 10.9 Å². The summed E-state index contributed by atoms with van der Waals surface area (Å²) in [5.74, 6) is 4.45. The monoisotopic (exact) mass is 273 g/mol. The summed E-state index contributed by atoms with van der Waals surface area (Å²) in [6.07, 6.45) is -4.67. The van der Waals surface area contributed by atoms with Gasteiger partial charge >= 0.3 is 6.18 Å². The van der Waals surface area contributed by atoms with Gasteiger partial charge in [-0.15, -0.1) is 0 Å². The first-order chi connectivity index (χ1) is 8.75. The molecule has 7 heteroatoms. The number of anilines is 1. The number of aryl methyl sites for hydroxylation is 1. The van der Waals surface area contributed by atoms with Crippen LogP contribution in [0.5, 0.6) is 0 Å². The van der Waals surface area contributed by atoms with Crippen molar-refractivity contribution in [1.82, 2.24) is 4.98 Å². The summed E-state index contributed by atoms with van der Waals surface area (Å²) in [6.45, 7) is 2.88. The van der Waals surface area contributed by atoms with Crippen molar-refractivity contribution in [3.8, 4) is 0 Å². The van der Waals surface area contributed by atoms with Gasteiger partial charge in [-0.1, -0.05) is 0 Å². The summed E-state index contributed by atoms with van der Waals surface area (Å²) < 4.78 is 52.3. The van der Waals surface area contributed by atoms with Crippen molar-refractivity contribution in [1.29, 1.82) is 0 Å². The van der Waals surface area contributed by atoms with Crippen LogP contribution in [0, 0.1) is 19.7 Å². The Bertz CT molecular complexity index is 650. The van der Waals surface area contributed by atoms with Crippen LogP contribution in [-0.4, -0.2) is 4.98 Å². The molecule has 0 aliphatic heterocycles. The van der Waals surface area contributed by atoms with E-state index in [1.807, 2.05) is 0 Å². The molecule has 1 heterocycles. The first-order valence-corrected chi connectivity index (χ1v) is 5.40. The Kier molecular flexibility index (Phi) is 3.09. The van der Waals surface area contributed by atoms with Gasteiger partial charge in [-0.25, -0.2) is 9.37 Å². The minimum absolute atomic E-state index is 0.0277. The van der Waals surface area contributed by atoms with E-state index in [-0.39, 0.29) is 22.2 Å². The average Bonchev–Trinajstić information content (AvgIpc) is 2.26. The maximum Gasteiger partial charge on any atom is 0.433 e. The second kappa shape index (κ2) is 4.34. The number of nitrogens with zero attached hydrogens (tertiary/aromatic N) is 1. The van der Waals surface area contributed by atoms with Crippen molar-refractivity contribution in [2.24, 2.45) is 5.84 Å². The number of aromatic nitrogens is 1. The van der Waals surface area contributed by atoms with E-state index < -0.39 is 17.7 Å². The lowest BCUT2D eigenvalue weighted by molar-refractivity contribution is -0.141. The quantitative estimate of drug-likeness (QED) is 0.476. The molecule has 1 aromatic carbocycles. The van der Waals surface area contributed by atoms with Gasteiger partial charge in [-0.05, 0) is 31.5 Å². The van der Waals surface area contributed by atoms with E-state index in [2.05, 4.69) is 10.4 Å². The number of nitrogen functional groups attached to an aromatic ring is 1. The number of halogens is 4. The maximum atomic E-state index is 13.8. The van der Waals surface area contributed by atoms with E-state index >= 15 is 0 Å². The van der Waals surface area contributed by atoms with E-state index in [0.29, 0.717) is 5.56 Å². The van der Waals surface area contributed by atoms with Crippen LogP contribution < -0.4 is 11.3 Å². The highest BCUT2D eigenvalue weighted by Crippen LogP contribution is 2.37. The lowest BCUT2D eigenvalue weighted by Gasteiger charge is -2.16. The number of alkyl halides is 3. The third-order valence-electron chi connectivity index (χ3n) is 2.84. The van der Waals surface area contributed by atoms with Crippen molar-refractivity contribution in [3.63, 3.8) is 0 Å². The Morgan fingerprint density at radius 2 is 1.84 bits per heavy atom. The molecule has 0 fully saturated rings. The van der Waals surface area contributed by atoms with Gasteiger partial charge in [0.25, 0.3) is 0 Å². The summed E-state index contributed by atoms with van der Waals surface area (Å²) in [6, 6.07) is 2.67. The van der Waals surface area contributed by atoms with Crippen LogP contribution in [0.4, 0.5) is 23.2 Å². The van der Waals surface area contributed by atoms with Crippen molar-refractivity contribution >= 4 is 16.6 Å². The van der Waals surface area contributed by atoms with Crippen LogP contribution >= 0.6 is 0 Å². The molecule has 0 aliphatic rings. The summed E-state index contributed by atoms with van der Waals surface area (Å²) >= 11 is 0. The molecule has 0 amide bonds. The molecule has 102 valence electrons. The van der Waals surface area contributed by atoms with Crippen LogP contribution in [0.1, 0.15) is 16.8 Å². The molecular weight excluding hydrogens is 262 g/mol. The number of hydrogen-bond acceptors (Lipinski definition) is 3. The number of benzene rings is 1. The second-order valence-corrected chi connectivity index (χ2v) is 4.25. The minimum Gasteiger partial charge on any atom is -0.323 e. The molecule has 0 saturated heterocycles. The summed E-state index contributed by atoms with van der Waals surface area (Å²) in [7, 11) is 0. The highest BCUT2D eigenvalue weighted by atomic mass is 19.4. The van der Waals surface area contributed by atoms with Crippen molar-refractivity contribution in [3.05, 3.63) is 34.8 Å². The predicted molar refractivity (Wildman–Crippen MR) is 64.0 cm³/mol. The Morgan fingerprint density at radius 3 is 2.37 bits per heavy atom. The maximum absolute atomic E-state index is 13.8. The first-order valence-electron chi connectivity index (χ1n) is 5.40. The predicted octanol–water partition coefficient (Wildman–Crippen LogP) is 3.30. The number of fused-ring (bicyclic) bond motifs is 1. The molecule has 0 spiro atoms. The van der Waals surface area contributed by atoms with Gasteiger partial charge in [0.2, 0.25) is 0 Å². The van der Waals surface area contributed by atoms with Crippen molar-refractivity contribution < 1.29 is 17.6 Å². The summed E-state index contributed by atoms with van der Waals surface area (Å²) in [5.41, 5.74) is 1.14. The number of hydrazine groups is 1. The van der Waals surface area contributed by atoms with Gasteiger partial charge in [-0.2, -0.15) is 13.2 Å². The SMILES string of the molecule is Cc1cc(F)c2nc(C(F)(F)F)c(C)c(NN)c2c1. The van der Waals surface area contributed by atoms with Crippen molar-refractivity contribution in [2.45, 2.75) is 20.0 Å². The van der Waals surface area contributed by atoms with Crippen LogP contribution in [0.3, 0.4) is 0 Å². The average molecular weight is 273 g/mol. The summed E-state index contributed by atoms with van der Waals surface area (Å²) in [4.78, 5) is 3.40. The molecule has 2 aromatic rings. The van der Waals surface area contributed by atoms with Gasteiger partial charge in [-0.3, -0.25) is 5.84 Å². The fourth-order valence-corrected chi connectivity index (χ4v) is 2.02. The zero-order valence-corrected chi connectivity index (χ0v) is 10.2. The van der Waals surface area contributed by atoms with Gasteiger partial charge in [0.1, 0.15) is 17.0 Å². The topological polar surface area (TPSA) is 50.9 Å². The molecule has 2 rings (SSSR count). The molecule has 1 aromatic heterocycles. The van der Waals surface area contributed by atoms with Gasteiger partial charge in [0.15, 0.2) is 0 Å². The smallest absolute Gasteiger partial charge is 0.323 e. The van der Waals surface area contributed by atoms with Crippen LogP contribution in [0.2, 0.25) is 0 Å². The highest BCUT2D eigenvalue weighted by molar-refractivity contribution is 5.94. The molecule has 0 unspecified atom stereocenters.